The van der Waals surface area contributed by atoms with E-state index in [2.05, 4.69) is 19.9 Å². The van der Waals surface area contributed by atoms with Crippen molar-refractivity contribution in [3.8, 4) is 0 Å². The zero-order chi connectivity index (χ0) is 13.2. The Bertz CT molecular complexity index is 727. The number of imidazole rings is 1. The van der Waals surface area contributed by atoms with E-state index in [4.69, 9.17) is 17.3 Å². The molecule has 0 aliphatic heterocycles. The first-order chi connectivity index (χ1) is 9.24. The van der Waals surface area contributed by atoms with Crippen molar-refractivity contribution < 1.29 is 0 Å². The number of fused-ring (bicyclic) bond motifs is 1. The molecule has 0 radical (unpaired) electrons. The summed E-state index contributed by atoms with van der Waals surface area (Å²) >= 11 is 7.46. The first-order valence-corrected chi connectivity index (χ1v) is 6.91. The van der Waals surface area contributed by atoms with Crippen molar-refractivity contribution in [1.82, 2.24) is 19.9 Å². The van der Waals surface area contributed by atoms with Crippen LogP contribution in [-0.4, -0.2) is 19.9 Å². The molecular weight excluding hydrogens is 282 g/mol. The van der Waals surface area contributed by atoms with Crippen LogP contribution in [0.5, 0.6) is 0 Å². The monoisotopic (exact) mass is 291 g/mol. The van der Waals surface area contributed by atoms with E-state index < -0.39 is 0 Å². The van der Waals surface area contributed by atoms with Crippen LogP contribution in [0.2, 0.25) is 5.02 Å². The predicted molar refractivity (Wildman–Crippen MR) is 77.1 cm³/mol. The Hall–Kier alpha value is -1.79. The van der Waals surface area contributed by atoms with E-state index in [9.17, 15) is 0 Å². The maximum absolute atomic E-state index is 5.93. The lowest BCUT2D eigenvalue weighted by Crippen LogP contribution is -1.93. The number of hydrogen-bond acceptors (Lipinski definition) is 5. The zero-order valence-electron chi connectivity index (χ0n) is 9.80. The van der Waals surface area contributed by atoms with Crippen molar-refractivity contribution in [2.75, 3.05) is 5.73 Å². The Labute approximate surface area is 118 Å². The number of thioether (sulfide) groups is 1. The number of nitrogen functional groups attached to an aromatic ring is 1. The van der Waals surface area contributed by atoms with Crippen LogP contribution in [0.4, 0.5) is 5.69 Å². The molecule has 0 aliphatic rings. The largest absolute Gasteiger partial charge is 0.398 e. The van der Waals surface area contributed by atoms with Gasteiger partial charge in [0.1, 0.15) is 16.9 Å². The van der Waals surface area contributed by atoms with Gasteiger partial charge in [0.15, 0.2) is 5.65 Å². The van der Waals surface area contributed by atoms with Crippen molar-refractivity contribution in [2.45, 2.75) is 10.8 Å². The Morgan fingerprint density at radius 1 is 1.26 bits per heavy atom. The number of nitrogens with zero attached hydrogens (tertiary/aromatic N) is 3. The van der Waals surface area contributed by atoms with Gasteiger partial charge in [-0.05, 0) is 17.7 Å². The van der Waals surface area contributed by atoms with Crippen LogP contribution in [0.1, 0.15) is 5.56 Å². The maximum atomic E-state index is 5.93. The highest BCUT2D eigenvalue weighted by atomic mass is 35.5. The molecule has 3 N–H and O–H groups in total. The highest BCUT2D eigenvalue weighted by Crippen LogP contribution is 2.28. The molecule has 96 valence electrons. The molecule has 2 heterocycles. The Kier molecular flexibility index (Phi) is 3.27. The minimum atomic E-state index is 0.643. The summed E-state index contributed by atoms with van der Waals surface area (Å²) in [4.78, 5) is 15.5. The molecule has 19 heavy (non-hydrogen) atoms. The van der Waals surface area contributed by atoms with Gasteiger partial charge in [-0.25, -0.2) is 15.0 Å². The van der Waals surface area contributed by atoms with Crippen LogP contribution < -0.4 is 5.73 Å². The normalized spacial score (nSPS) is 11.0. The molecule has 1 aromatic carbocycles. The Morgan fingerprint density at radius 3 is 3.00 bits per heavy atom. The SMILES string of the molecule is Nc1cc(Cl)ccc1CSc1ncnc2nc[nH]c12. The van der Waals surface area contributed by atoms with Crippen molar-refractivity contribution in [3.63, 3.8) is 0 Å². The van der Waals surface area contributed by atoms with E-state index in [0.29, 0.717) is 22.1 Å². The van der Waals surface area contributed by atoms with Crippen LogP contribution >= 0.6 is 23.4 Å². The average Bonchev–Trinajstić information content (AvgIpc) is 2.86. The zero-order valence-corrected chi connectivity index (χ0v) is 11.4. The molecule has 0 saturated heterocycles. The van der Waals surface area contributed by atoms with Crippen molar-refractivity contribution in [1.29, 1.82) is 0 Å². The number of halogens is 1. The minimum Gasteiger partial charge on any atom is -0.398 e. The van der Waals surface area contributed by atoms with Crippen molar-refractivity contribution in [2.24, 2.45) is 0 Å². The summed E-state index contributed by atoms with van der Waals surface area (Å²) in [5.74, 6) is 0.716. The summed E-state index contributed by atoms with van der Waals surface area (Å²) in [7, 11) is 0. The standard InChI is InChI=1S/C12H10ClN5S/c13-8-2-1-7(9(14)3-8)4-19-12-10-11(16-5-15-10)17-6-18-12/h1-3,5-6H,4,14H2,(H,15,16,17,18). The molecule has 5 nitrogen and oxygen atoms in total. The molecular formula is C12H10ClN5S. The molecule has 3 rings (SSSR count). The van der Waals surface area contributed by atoms with Gasteiger partial charge in [-0.2, -0.15) is 0 Å². The van der Waals surface area contributed by atoms with Crippen LogP contribution in [0, 0.1) is 0 Å². The third-order valence-corrected chi connectivity index (χ3v) is 3.93. The van der Waals surface area contributed by atoms with Crippen LogP contribution in [0.15, 0.2) is 35.9 Å². The molecule has 0 unspecified atom stereocenters. The van der Waals surface area contributed by atoms with Gasteiger partial charge >= 0.3 is 0 Å². The molecule has 0 amide bonds. The van der Waals surface area contributed by atoms with Gasteiger partial charge in [-0.1, -0.05) is 29.4 Å². The quantitative estimate of drug-likeness (QED) is 0.440. The summed E-state index contributed by atoms with van der Waals surface area (Å²) in [6, 6.07) is 5.51. The number of anilines is 1. The third kappa shape index (κ3) is 2.50. The Balaban J connectivity index is 1.84. The van der Waals surface area contributed by atoms with E-state index in [0.717, 1.165) is 16.1 Å². The van der Waals surface area contributed by atoms with Gasteiger partial charge in [0.05, 0.1) is 6.33 Å². The molecule has 0 fully saturated rings. The number of nitrogens with two attached hydrogens (primary N) is 1. The van der Waals surface area contributed by atoms with Gasteiger partial charge in [0, 0.05) is 16.5 Å². The molecule has 0 spiro atoms. The van der Waals surface area contributed by atoms with E-state index in [1.54, 1.807) is 24.2 Å². The fraction of sp³-hybridized carbons (Fsp3) is 0.0833. The summed E-state index contributed by atoms with van der Waals surface area (Å²) in [5, 5.41) is 1.50. The van der Waals surface area contributed by atoms with Gasteiger partial charge in [-0.15, -0.1) is 0 Å². The van der Waals surface area contributed by atoms with Crippen molar-refractivity contribution in [3.05, 3.63) is 41.4 Å². The molecule has 7 heteroatoms. The van der Waals surface area contributed by atoms with Crippen LogP contribution in [0.25, 0.3) is 11.2 Å². The first kappa shape index (κ1) is 12.3. The number of aromatic nitrogens is 4. The first-order valence-electron chi connectivity index (χ1n) is 5.55. The van der Waals surface area contributed by atoms with Gasteiger partial charge < -0.3 is 10.7 Å². The summed E-state index contributed by atoms with van der Waals surface area (Å²) in [6.07, 6.45) is 3.12. The number of H-pyrrole nitrogens is 1. The van der Waals surface area contributed by atoms with E-state index in [1.165, 1.54) is 6.33 Å². The maximum Gasteiger partial charge on any atom is 0.181 e. The topological polar surface area (TPSA) is 80.5 Å². The molecule has 0 aliphatic carbocycles. The van der Waals surface area contributed by atoms with Gasteiger partial charge in [0.25, 0.3) is 0 Å². The third-order valence-electron chi connectivity index (χ3n) is 2.66. The lowest BCUT2D eigenvalue weighted by molar-refractivity contribution is 1.08. The molecule has 3 aromatic rings. The minimum absolute atomic E-state index is 0.643. The van der Waals surface area contributed by atoms with Gasteiger partial charge in [0.2, 0.25) is 0 Å². The van der Waals surface area contributed by atoms with E-state index in [-0.39, 0.29) is 0 Å². The smallest absolute Gasteiger partial charge is 0.181 e. The van der Waals surface area contributed by atoms with E-state index in [1.807, 2.05) is 12.1 Å². The summed E-state index contributed by atoms with van der Waals surface area (Å²) in [6.45, 7) is 0. The number of hydrogen-bond donors (Lipinski definition) is 2. The van der Waals surface area contributed by atoms with Crippen LogP contribution in [0.3, 0.4) is 0 Å². The highest BCUT2D eigenvalue weighted by Gasteiger charge is 2.08. The predicted octanol–water partition coefficient (Wildman–Crippen LogP) is 2.88. The number of nitrogens with one attached hydrogen (secondary N) is 1. The van der Waals surface area contributed by atoms with Crippen molar-refractivity contribution >= 4 is 40.2 Å². The average molecular weight is 292 g/mol. The fourth-order valence-electron chi connectivity index (χ4n) is 1.70. The molecule has 0 atom stereocenters. The highest BCUT2D eigenvalue weighted by molar-refractivity contribution is 7.98. The number of rotatable bonds is 3. The Morgan fingerprint density at radius 2 is 2.16 bits per heavy atom. The summed E-state index contributed by atoms with van der Waals surface area (Å²) < 4.78 is 0. The number of benzene rings is 1. The van der Waals surface area contributed by atoms with Gasteiger partial charge in [-0.3, -0.25) is 0 Å². The lowest BCUT2D eigenvalue weighted by Gasteiger charge is -2.05. The molecule has 0 bridgehead atoms. The second-order valence-corrected chi connectivity index (χ2v) is 5.31. The molecule has 2 aromatic heterocycles. The second kappa shape index (κ2) is 5.07. The second-order valence-electron chi connectivity index (χ2n) is 3.91. The van der Waals surface area contributed by atoms with Crippen LogP contribution in [-0.2, 0) is 5.75 Å². The molecule has 0 saturated carbocycles. The summed E-state index contributed by atoms with van der Waals surface area (Å²) in [5.41, 5.74) is 9.16. The van der Waals surface area contributed by atoms with E-state index >= 15 is 0 Å². The fourth-order valence-corrected chi connectivity index (χ4v) is 2.85. The lowest BCUT2D eigenvalue weighted by atomic mass is 10.2. The number of aromatic amines is 1.